The van der Waals surface area contributed by atoms with Gasteiger partial charge in [0.1, 0.15) is 0 Å². The lowest BCUT2D eigenvalue weighted by Crippen LogP contribution is -1.80. The predicted molar refractivity (Wildman–Crippen MR) is 101 cm³/mol. The number of hydrogen-bond donors (Lipinski definition) is 0. The summed E-state index contributed by atoms with van der Waals surface area (Å²) in [5.74, 6) is 0. The average molecular weight is 308 g/mol. The minimum atomic E-state index is 1.06. The molecule has 0 saturated heterocycles. The number of para-hydroxylation sites is 2. The number of rotatable bonds is 0. The van der Waals surface area contributed by atoms with E-state index in [2.05, 4.69) is 40.3 Å². The minimum Gasteiger partial charge on any atom is -0.264 e. The topological polar surface area (TPSA) is 25.8 Å². The minimum absolute atomic E-state index is 1.06. The fraction of sp³-hybridized carbons (Fsp3) is 0. The molecule has 0 atom stereocenters. The summed E-state index contributed by atoms with van der Waals surface area (Å²) in [6.07, 6.45) is 3.68. The number of aromatic nitrogens is 2. The second-order valence-corrected chi connectivity index (χ2v) is 5.60. The van der Waals surface area contributed by atoms with Crippen molar-refractivity contribution in [2.45, 2.75) is 0 Å². The van der Waals surface area contributed by atoms with Gasteiger partial charge in [0.15, 0.2) is 0 Å². The molecule has 0 aliphatic heterocycles. The van der Waals surface area contributed by atoms with Crippen molar-refractivity contribution in [1.29, 1.82) is 0 Å². The molecule has 2 aromatic heterocycles. The molecule has 114 valence electrons. The van der Waals surface area contributed by atoms with Crippen molar-refractivity contribution in [1.82, 2.24) is 9.97 Å². The van der Waals surface area contributed by atoms with Crippen LogP contribution in [0.4, 0.5) is 0 Å². The van der Waals surface area contributed by atoms with Gasteiger partial charge in [0.25, 0.3) is 0 Å². The van der Waals surface area contributed by atoms with Crippen molar-refractivity contribution in [2.75, 3.05) is 0 Å². The lowest BCUT2D eigenvalue weighted by atomic mass is 10.1. The Morgan fingerprint density at radius 3 is 1.67 bits per heavy atom. The summed E-state index contributed by atoms with van der Waals surface area (Å²) >= 11 is 0. The van der Waals surface area contributed by atoms with E-state index in [1.54, 1.807) is 0 Å². The third-order valence-corrected chi connectivity index (χ3v) is 3.98. The number of nitrogens with zero attached hydrogens (tertiary/aromatic N) is 2. The average Bonchev–Trinajstić information content (AvgIpc) is 2.67. The monoisotopic (exact) mass is 308 g/mol. The molecule has 0 aliphatic rings. The van der Waals surface area contributed by atoms with Gasteiger partial charge in [0, 0.05) is 23.2 Å². The second kappa shape index (κ2) is 6.47. The van der Waals surface area contributed by atoms with Gasteiger partial charge in [-0.2, -0.15) is 0 Å². The first-order valence-electron chi connectivity index (χ1n) is 7.93. The van der Waals surface area contributed by atoms with Crippen LogP contribution in [0.25, 0.3) is 32.6 Å². The molecule has 0 spiro atoms. The van der Waals surface area contributed by atoms with Crippen LogP contribution in [-0.2, 0) is 0 Å². The molecule has 5 rings (SSSR count). The molecule has 0 fully saturated rings. The first-order chi connectivity index (χ1) is 11.9. The van der Waals surface area contributed by atoms with Gasteiger partial charge in [-0.15, -0.1) is 0 Å². The van der Waals surface area contributed by atoms with Gasteiger partial charge in [-0.05, 0) is 35.0 Å². The second-order valence-electron chi connectivity index (χ2n) is 5.60. The van der Waals surface area contributed by atoms with Crippen LogP contribution >= 0.6 is 0 Å². The Balaban J connectivity index is 0.000000129. The Hall–Kier alpha value is -3.26. The molecule has 0 unspecified atom stereocenters. The molecule has 3 aromatic carbocycles. The van der Waals surface area contributed by atoms with Crippen molar-refractivity contribution in [3.63, 3.8) is 0 Å². The van der Waals surface area contributed by atoms with E-state index in [0.717, 1.165) is 11.0 Å². The molecule has 0 N–H and O–H groups in total. The van der Waals surface area contributed by atoms with Gasteiger partial charge in [0.2, 0.25) is 0 Å². The van der Waals surface area contributed by atoms with Crippen LogP contribution in [0.15, 0.2) is 97.3 Å². The van der Waals surface area contributed by atoms with Crippen LogP contribution < -0.4 is 0 Å². The van der Waals surface area contributed by atoms with Crippen molar-refractivity contribution in [3.8, 4) is 0 Å². The van der Waals surface area contributed by atoms with E-state index in [1.165, 1.54) is 21.5 Å². The zero-order valence-corrected chi connectivity index (χ0v) is 13.1. The lowest BCUT2D eigenvalue weighted by Gasteiger charge is -1.99. The summed E-state index contributed by atoms with van der Waals surface area (Å²) in [4.78, 5) is 8.59. The zero-order chi connectivity index (χ0) is 16.2. The SMILES string of the molecule is c1ccc2cnccc2c1.c1ccc2nc3ccccc3cc2c1. The summed E-state index contributed by atoms with van der Waals surface area (Å²) in [5, 5.41) is 4.85. The van der Waals surface area contributed by atoms with Crippen molar-refractivity contribution in [3.05, 3.63) is 97.3 Å². The third-order valence-electron chi connectivity index (χ3n) is 3.98. The summed E-state index contributed by atoms with van der Waals surface area (Å²) in [6.45, 7) is 0. The van der Waals surface area contributed by atoms with E-state index >= 15 is 0 Å². The number of benzene rings is 3. The van der Waals surface area contributed by atoms with E-state index in [9.17, 15) is 0 Å². The highest BCUT2D eigenvalue weighted by molar-refractivity contribution is 5.92. The Kier molecular flexibility index (Phi) is 3.86. The molecule has 0 amide bonds. The fourth-order valence-corrected chi connectivity index (χ4v) is 2.75. The van der Waals surface area contributed by atoms with Gasteiger partial charge in [-0.25, -0.2) is 4.98 Å². The standard InChI is InChI=1S/C13H9N.C9H7N/c1-3-7-12-10(5-1)9-11-6-2-4-8-13(11)14-12;1-2-4-9-7-10-6-5-8(9)3-1/h1-9H;1-7H. The van der Waals surface area contributed by atoms with Gasteiger partial charge in [0.05, 0.1) is 11.0 Å². The smallest absolute Gasteiger partial charge is 0.0709 e. The molecule has 24 heavy (non-hydrogen) atoms. The van der Waals surface area contributed by atoms with Gasteiger partial charge >= 0.3 is 0 Å². The highest BCUT2D eigenvalue weighted by atomic mass is 14.7. The van der Waals surface area contributed by atoms with Crippen LogP contribution in [0.1, 0.15) is 0 Å². The summed E-state index contributed by atoms with van der Waals surface area (Å²) in [6, 6.07) is 28.8. The van der Waals surface area contributed by atoms with E-state index in [-0.39, 0.29) is 0 Å². The first kappa shape index (κ1) is 14.3. The van der Waals surface area contributed by atoms with Gasteiger partial charge in [-0.3, -0.25) is 4.98 Å². The normalized spacial score (nSPS) is 10.5. The quantitative estimate of drug-likeness (QED) is 0.347. The molecule has 2 nitrogen and oxygen atoms in total. The molecule has 0 bridgehead atoms. The van der Waals surface area contributed by atoms with Crippen LogP contribution in [0, 0.1) is 0 Å². The van der Waals surface area contributed by atoms with Crippen LogP contribution in [-0.4, -0.2) is 9.97 Å². The number of fused-ring (bicyclic) bond motifs is 3. The van der Waals surface area contributed by atoms with Gasteiger partial charge < -0.3 is 0 Å². The Bertz CT molecular complexity index is 946. The van der Waals surface area contributed by atoms with Crippen molar-refractivity contribution >= 4 is 32.6 Å². The first-order valence-corrected chi connectivity index (χ1v) is 7.93. The van der Waals surface area contributed by atoms with E-state index < -0.39 is 0 Å². The summed E-state index contributed by atoms with van der Waals surface area (Å²) in [5.41, 5.74) is 2.12. The van der Waals surface area contributed by atoms with Crippen molar-refractivity contribution in [2.24, 2.45) is 0 Å². The molecule has 5 aromatic rings. The molecular weight excluding hydrogens is 292 g/mol. The van der Waals surface area contributed by atoms with Crippen LogP contribution in [0.2, 0.25) is 0 Å². The van der Waals surface area contributed by atoms with Crippen LogP contribution in [0.3, 0.4) is 0 Å². The molecule has 0 saturated carbocycles. The maximum absolute atomic E-state index is 4.58. The number of pyridine rings is 2. The highest BCUT2D eigenvalue weighted by Gasteiger charge is 1.96. The van der Waals surface area contributed by atoms with E-state index in [1.807, 2.05) is 67.0 Å². The fourth-order valence-electron chi connectivity index (χ4n) is 2.75. The lowest BCUT2D eigenvalue weighted by molar-refractivity contribution is 1.36. The zero-order valence-electron chi connectivity index (χ0n) is 13.1. The molecule has 2 heteroatoms. The Labute approximate surface area is 140 Å². The van der Waals surface area contributed by atoms with Crippen LogP contribution in [0.5, 0.6) is 0 Å². The van der Waals surface area contributed by atoms with Crippen molar-refractivity contribution < 1.29 is 0 Å². The third kappa shape index (κ3) is 2.95. The maximum Gasteiger partial charge on any atom is 0.0709 e. The van der Waals surface area contributed by atoms with Gasteiger partial charge in [-0.1, -0.05) is 60.7 Å². The van der Waals surface area contributed by atoms with E-state index in [0.29, 0.717) is 0 Å². The molecule has 0 radical (unpaired) electrons. The Morgan fingerprint density at radius 2 is 1.04 bits per heavy atom. The summed E-state index contributed by atoms with van der Waals surface area (Å²) < 4.78 is 0. The maximum atomic E-state index is 4.58. The largest absolute Gasteiger partial charge is 0.264 e. The number of hydrogen-bond acceptors (Lipinski definition) is 2. The highest BCUT2D eigenvalue weighted by Crippen LogP contribution is 2.18. The van der Waals surface area contributed by atoms with E-state index in [4.69, 9.17) is 0 Å². The predicted octanol–water partition coefficient (Wildman–Crippen LogP) is 5.62. The Morgan fingerprint density at radius 1 is 0.500 bits per heavy atom. The molecular formula is C22H16N2. The molecule has 2 heterocycles. The molecule has 0 aliphatic carbocycles. The summed E-state index contributed by atoms with van der Waals surface area (Å²) in [7, 11) is 0.